The first-order valence-electron chi connectivity index (χ1n) is 8.36. The molecule has 2 atom stereocenters. The summed E-state index contributed by atoms with van der Waals surface area (Å²) in [4.78, 5) is 3.33. The minimum atomic E-state index is -0.890. The van der Waals surface area contributed by atoms with Gasteiger partial charge in [0.2, 0.25) is 0 Å². The minimum Gasteiger partial charge on any atom is -0.354 e. The van der Waals surface area contributed by atoms with Crippen LogP contribution in [0.25, 0.3) is 22.2 Å². The van der Waals surface area contributed by atoms with Crippen LogP contribution in [0.3, 0.4) is 0 Å². The fourth-order valence-electron chi connectivity index (χ4n) is 3.71. The molecule has 24 heavy (non-hydrogen) atoms. The smallest absolute Gasteiger partial charge is 0.125 e. The molecule has 2 heterocycles. The van der Waals surface area contributed by atoms with Gasteiger partial charge in [-0.05, 0) is 55.3 Å². The Morgan fingerprint density at radius 2 is 2.00 bits per heavy atom. The highest BCUT2D eigenvalue weighted by Gasteiger charge is 2.31. The van der Waals surface area contributed by atoms with Crippen LogP contribution in [-0.2, 0) is 0 Å². The maximum atomic E-state index is 14.7. The van der Waals surface area contributed by atoms with Gasteiger partial charge in [-0.15, -0.1) is 0 Å². The molecule has 3 aromatic rings. The SMILES string of the molecule is Cc1cccc(-c2[nH]c3cc(F)ccc3c2[C@@H]2CNCC[C@H]2F)c1. The molecular formula is C20H20F2N2. The summed E-state index contributed by atoms with van der Waals surface area (Å²) >= 11 is 0. The number of aryl methyl sites for hydroxylation is 1. The van der Waals surface area contributed by atoms with Gasteiger partial charge in [0.05, 0.1) is 5.69 Å². The Morgan fingerprint density at radius 3 is 2.79 bits per heavy atom. The van der Waals surface area contributed by atoms with E-state index in [0.29, 0.717) is 19.5 Å². The van der Waals surface area contributed by atoms with Crippen LogP contribution in [0.1, 0.15) is 23.5 Å². The van der Waals surface area contributed by atoms with E-state index in [9.17, 15) is 8.78 Å². The fourth-order valence-corrected chi connectivity index (χ4v) is 3.71. The summed E-state index contributed by atoms with van der Waals surface area (Å²) < 4.78 is 28.3. The summed E-state index contributed by atoms with van der Waals surface area (Å²) in [7, 11) is 0. The molecule has 1 aliphatic heterocycles. The van der Waals surface area contributed by atoms with Crippen LogP contribution in [-0.4, -0.2) is 24.2 Å². The lowest BCUT2D eigenvalue weighted by atomic mass is 9.86. The molecule has 1 saturated heterocycles. The van der Waals surface area contributed by atoms with Crippen LogP contribution < -0.4 is 5.32 Å². The number of halogens is 2. The lowest BCUT2D eigenvalue weighted by molar-refractivity contribution is 0.229. The van der Waals surface area contributed by atoms with Crippen molar-refractivity contribution in [2.45, 2.75) is 25.4 Å². The number of fused-ring (bicyclic) bond motifs is 1. The molecule has 0 amide bonds. The molecule has 2 aromatic carbocycles. The maximum absolute atomic E-state index is 14.7. The van der Waals surface area contributed by atoms with Crippen molar-refractivity contribution in [3.63, 3.8) is 0 Å². The molecule has 2 nitrogen and oxygen atoms in total. The molecule has 1 aliphatic rings. The highest BCUT2D eigenvalue weighted by atomic mass is 19.1. The van der Waals surface area contributed by atoms with Crippen molar-refractivity contribution in [1.82, 2.24) is 10.3 Å². The van der Waals surface area contributed by atoms with E-state index in [1.165, 1.54) is 12.1 Å². The number of hydrogen-bond donors (Lipinski definition) is 2. The van der Waals surface area contributed by atoms with Gasteiger partial charge in [0, 0.05) is 23.4 Å². The van der Waals surface area contributed by atoms with Gasteiger partial charge >= 0.3 is 0 Å². The highest BCUT2D eigenvalue weighted by Crippen LogP contribution is 2.39. The second-order valence-electron chi connectivity index (χ2n) is 6.59. The highest BCUT2D eigenvalue weighted by molar-refractivity contribution is 5.91. The zero-order chi connectivity index (χ0) is 16.7. The first-order chi connectivity index (χ1) is 11.6. The molecule has 0 aliphatic carbocycles. The molecule has 1 fully saturated rings. The summed E-state index contributed by atoms with van der Waals surface area (Å²) in [5, 5.41) is 4.20. The summed E-state index contributed by atoms with van der Waals surface area (Å²) in [5.41, 5.74) is 4.73. The molecule has 0 radical (unpaired) electrons. The van der Waals surface area contributed by atoms with Crippen LogP contribution in [0.4, 0.5) is 8.78 Å². The second kappa shape index (κ2) is 6.02. The number of alkyl halides is 1. The Balaban J connectivity index is 1.96. The first-order valence-corrected chi connectivity index (χ1v) is 8.36. The summed E-state index contributed by atoms with van der Waals surface area (Å²) in [5.74, 6) is -0.516. The Morgan fingerprint density at radius 1 is 1.12 bits per heavy atom. The number of nitrogens with one attached hydrogen (secondary N) is 2. The molecule has 0 unspecified atom stereocenters. The summed E-state index contributed by atoms with van der Waals surface area (Å²) in [6.45, 7) is 3.34. The Labute approximate surface area is 139 Å². The van der Waals surface area contributed by atoms with Crippen LogP contribution in [0.2, 0.25) is 0 Å². The van der Waals surface area contributed by atoms with Crippen molar-refractivity contribution in [3.8, 4) is 11.3 Å². The van der Waals surface area contributed by atoms with E-state index < -0.39 is 6.17 Å². The zero-order valence-electron chi connectivity index (χ0n) is 13.6. The van der Waals surface area contributed by atoms with Gasteiger partial charge in [-0.1, -0.05) is 23.8 Å². The number of H-pyrrole nitrogens is 1. The quantitative estimate of drug-likeness (QED) is 0.702. The predicted octanol–water partition coefficient (Wildman–Crippen LogP) is 4.70. The van der Waals surface area contributed by atoms with E-state index in [1.807, 2.05) is 25.1 Å². The third-order valence-electron chi connectivity index (χ3n) is 4.88. The molecule has 4 rings (SSSR count). The number of benzene rings is 2. The van der Waals surface area contributed by atoms with Gasteiger partial charge in [0.1, 0.15) is 12.0 Å². The average molecular weight is 326 g/mol. The van der Waals surface area contributed by atoms with Crippen LogP contribution >= 0.6 is 0 Å². The molecule has 0 bridgehead atoms. The molecule has 124 valence electrons. The van der Waals surface area contributed by atoms with Gasteiger partial charge in [0.15, 0.2) is 0 Å². The van der Waals surface area contributed by atoms with E-state index in [4.69, 9.17) is 0 Å². The van der Waals surface area contributed by atoms with Crippen LogP contribution in [0.5, 0.6) is 0 Å². The van der Waals surface area contributed by atoms with Crippen molar-refractivity contribution in [2.75, 3.05) is 13.1 Å². The van der Waals surface area contributed by atoms with Crippen LogP contribution in [0, 0.1) is 12.7 Å². The number of piperidine rings is 1. The van der Waals surface area contributed by atoms with Crippen molar-refractivity contribution in [2.24, 2.45) is 0 Å². The summed E-state index contributed by atoms with van der Waals surface area (Å²) in [6, 6.07) is 12.8. The van der Waals surface area contributed by atoms with Gasteiger partial charge in [0.25, 0.3) is 0 Å². The lowest BCUT2D eigenvalue weighted by Crippen LogP contribution is -2.36. The maximum Gasteiger partial charge on any atom is 0.125 e. The fraction of sp³-hybridized carbons (Fsp3) is 0.300. The zero-order valence-corrected chi connectivity index (χ0v) is 13.6. The van der Waals surface area contributed by atoms with E-state index in [2.05, 4.69) is 16.4 Å². The molecule has 0 spiro atoms. The predicted molar refractivity (Wildman–Crippen MR) is 93.6 cm³/mol. The minimum absolute atomic E-state index is 0.228. The van der Waals surface area contributed by atoms with E-state index in [1.54, 1.807) is 6.07 Å². The van der Waals surface area contributed by atoms with E-state index in [-0.39, 0.29) is 11.7 Å². The normalized spacial score (nSPS) is 21.3. The van der Waals surface area contributed by atoms with E-state index in [0.717, 1.165) is 33.3 Å². The van der Waals surface area contributed by atoms with Gasteiger partial charge in [-0.3, -0.25) is 0 Å². The third-order valence-corrected chi connectivity index (χ3v) is 4.88. The van der Waals surface area contributed by atoms with Crippen molar-refractivity contribution < 1.29 is 8.78 Å². The van der Waals surface area contributed by atoms with Crippen molar-refractivity contribution >= 4 is 10.9 Å². The molecular weight excluding hydrogens is 306 g/mol. The summed E-state index contributed by atoms with van der Waals surface area (Å²) in [6.07, 6.45) is -0.384. The Bertz CT molecular complexity index is 884. The first kappa shape index (κ1) is 15.3. The molecule has 2 N–H and O–H groups in total. The van der Waals surface area contributed by atoms with Crippen LogP contribution in [0.15, 0.2) is 42.5 Å². The van der Waals surface area contributed by atoms with Gasteiger partial charge < -0.3 is 10.3 Å². The van der Waals surface area contributed by atoms with Gasteiger partial charge in [-0.2, -0.15) is 0 Å². The van der Waals surface area contributed by atoms with Crippen molar-refractivity contribution in [1.29, 1.82) is 0 Å². The Hall–Kier alpha value is -2.20. The molecule has 1 aromatic heterocycles. The Kier molecular flexibility index (Phi) is 3.85. The topological polar surface area (TPSA) is 27.8 Å². The number of rotatable bonds is 2. The van der Waals surface area contributed by atoms with Crippen molar-refractivity contribution in [3.05, 3.63) is 59.4 Å². The number of aromatic nitrogens is 1. The standard InChI is InChI=1S/C20H20F2N2/c1-12-3-2-4-13(9-12)20-19(16-11-23-8-7-17(16)22)15-6-5-14(21)10-18(15)24-20/h2-6,9-10,16-17,23-24H,7-8,11H2,1H3/t16-,17-/m1/s1. The largest absolute Gasteiger partial charge is 0.354 e. The van der Waals surface area contributed by atoms with Gasteiger partial charge in [-0.25, -0.2) is 8.78 Å². The average Bonchev–Trinajstić information content (AvgIpc) is 2.93. The third kappa shape index (κ3) is 2.61. The number of aromatic amines is 1. The monoisotopic (exact) mass is 326 g/mol. The number of hydrogen-bond acceptors (Lipinski definition) is 1. The van der Waals surface area contributed by atoms with E-state index >= 15 is 0 Å². The lowest BCUT2D eigenvalue weighted by Gasteiger charge is -2.27. The second-order valence-corrected chi connectivity index (χ2v) is 6.59. The molecule has 4 heteroatoms. The molecule has 0 saturated carbocycles.